The van der Waals surface area contributed by atoms with E-state index in [1.165, 1.54) is 11.3 Å². The molecule has 1 aromatic heterocycles. The van der Waals surface area contributed by atoms with Crippen molar-refractivity contribution >= 4 is 23.2 Å². The van der Waals surface area contributed by atoms with Crippen molar-refractivity contribution in [2.45, 2.75) is 51.1 Å². The van der Waals surface area contributed by atoms with Crippen LogP contribution in [0.2, 0.25) is 0 Å². The van der Waals surface area contributed by atoms with Gasteiger partial charge in [0.15, 0.2) is 0 Å². The van der Waals surface area contributed by atoms with Crippen LogP contribution in [0.15, 0.2) is 17.5 Å². The number of aliphatic hydroxyl groups excluding tert-OH is 1. The average Bonchev–Trinajstić information content (AvgIpc) is 3.06. The highest BCUT2D eigenvalue weighted by atomic mass is 32.1. The van der Waals surface area contributed by atoms with Crippen LogP contribution in [0.3, 0.4) is 0 Å². The van der Waals surface area contributed by atoms with E-state index in [4.69, 9.17) is 5.11 Å². The lowest BCUT2D eigenvalue weighted by Crippen LogP contribution is -2.53. The summed E-state index contributed by atoms with van der Waals surface area (Å²) in [6, 6.07) is 3.30. The van der Waals surface area contributed by atoms with Crippen molar-refractivity contribution in [1.82, 2.24) is 10.2 Å². The second-order valence-electron chi connectivity index (χ2n) is 5.76. The molecule has 1 fully saturated rings. The fourth-order valence-corrected chi connectivity index (χ4v) is 3.48. The number of thiophene rings is 1. The monoisotopic (exact) mass is 324 g/mol. The smallest absolute Gasteiger partial charge is 0.264 e. The van der Waals surface area contributed by atoms with Crippen LogP contribution < -0.4 is 5.32 Å². The molecule has 0 bridgehead atoms. The summed E-state index contributed by atoms with van der Waals surface area (Å²) in [4.78, 5) is 27.4. The second-order valence-corrected chi connectivity index (χ2v) is 6.71. The molecule has 1 aliphatic heterocycles. The van der Waals surface area contributed by atoms with E-state index in [1.807, 2.05) is 18.4 Å². The molecule has 5 nitrogen and oxygen atoms in total. The van der Waals surface area contributed by atoms with Crippen LogP contribution in [-0.2, 0) is 4.79 Å². The molecule has 122 valence electrons. The number of nitrogens with zero attached hydrogens (tertiary/aromatic N) is 1. The van der Waals surface area contributed by atoms with E-state index in [9.17, 15) is 9.59 Å². The highest BCUT2D eigenvalue weighted by Crippen LogP contribution is 2.22. The van der Waals surface area contributed by atoms with E-state index in [1.54, 1.807) is 11.0 Å². The molecular formula is C16H24N2O3S. The Hall–Kier alpha value is -1.40. The Morgan fingerprint density at radius 1 is 1.50 bits per heavy atom. The summed E-state index contributed by atoms with van der Waals surface area (Å²) in [6.07, 6.45) is 4.05. The van der Waals surface area contributed by atoms with Gasteiger partial charge in [0.05, 0.1) is 4.88 Å². The second kappa shape index (κ2) is 8.29. The molecule has 6 heteroatoms. The van der Waals surface area contributed by atoms with Crippen LogP contribution in [0.1, 0.15) is 48.7 Å². The maximum Gasteiger partial charge on any atom is 0.264 e. The average molecular weight is 324 g/mol. The van der Waals surface area contributed by atoms with Crippen LogP contribution in [0.5, 0.6) is 0 Å². The van der Waals surface area contributed by atoms with Crippen LogP contribution in [0.4, 0.5) is 0 Å². The molecule has 22 heavy (non-hydrogen) atoms. The Kier molecular flexibility index (Phi) is 6.39. The van der Waals surface area contributed by atoms with Crippen LogP contribution >= 0.6 is 11.3 Å². The molecule has 2 heterocycles. The van der Waals surface area contributed by atoms with E-state index < -0.39 is 0 Å². The van der Waals surface area contributed by atoms with Gasteiger partial charge in [-0.2, -0.15) is 0 Å². The standard InChI is InChI=1S/C16H24N2O3S/c1-12(6-4-10-19)17-15(20)13-7-2-3-9-18(13)16(21)14-8-5-11-22-14/h5,8,11-13,19H,2-4,6-7,9-10H2,1H3,(H,17,20). The molecule has 2 rings (SSSR count). The summed E-state index contributed by atoms with van der Waals surface area (Å²) >= 11 is 1.41. The van der Waals surface area contributed by atoms with Crippen LogP contribution in [-0.4, -0.2) is 47.1 Å². The normalized spacial score (nSPS) is 19.7. The summed E-state index contributed by atoms with van der Waals surface area (Å²) < 4.78 is 0. The number of carbonyl (C=O) groups excluding carboxylic acids is 2. The van der Waals surface area contributed by atoms with Gasteiger partial charge < -0.3 is 15.3 Å². The lowest BCUT2D eigenvalue weighted by atomic mass is 10.0. The maximum absolute atomic E-state index is 12.6. The molecule has 2 N–H and O–H groups in total. The van der Waals surface area contributed by atoms with Crippen molar-refractivity contribution < 1.29 is 14.7 Å². The Morgan fingerprint density at radius 2 is 2.32 bits per heavy atom. The Labute approximate surface area is 135 Å². The Morgan fingerprint density at radius 3 is 3.00 bits per heavy atom. The topological polar surface area (TPSA) is 69.6 Å². The van der Waals surface area contributed by atoms with E-state index >= 15 is 0 Å². The highest BCUT2D eigenvalue weighted by Gasteiger charge is 2.33. The molecular weight excluding hydrogens is 300 g/mol. The first-order valence-electron chi connectivity index (χ1n) is 7.89. The van der Waals surface area contributed by atoms with Gasteiger partial charge in [-0.05, 0) is 50.5 Å². The van der Waals surface area contributed by atoms with E-state index in [-0.39, 0.29) is 30.5 Å². The first-order valence-corrected chi connectivity index (χ1v) is 8.77. The minimum Gasteiger partial charge on any atom is -0.396 e. The number of hydrogen-bond acceptors (Lipinski definition) is 4. The number of piperidine rings is 1. The number of likely N-dealkylation sites (tertiary alicyclic amines) is 1. The van der Waals surface area contributed by atoms with Gasteiger partial charge in [0, 0.05) is 19.2 Å². The molecule has 2 atom stereocenters. The van der Waals surface area contributed by atoms with Crippen molar-refractivity contribution in [2.24, 2.45) is 0 Å². The summed E-state index contributed by atoms with van der Waals surface area (Å²) in [5.74, 6) is -0.118. The van der Waals surface area contributed by atoms with E-state index in [0.717, 1.165) is 25.7 Å². The molecule has 0 aromatic carbocycles. The molecule has 2 unspecified atom stereocenters. The third-order valence-electron chi connectivity index (χ3n) is 3.98. The number of carbonyl (C=O) groups is 2. The SMILES string of the molecule is CC(CCCO)NC(=O)C1CCCCN1C(=O)c1cccs1. The van der Waals surface area contributed by atoms with Crippen LogP contribution in [0.25, 0.3) is 0 Å². The van der Waals surface area contributed by atoms with Gasteiger partial charge in [-0.25, -0.2) is 0 Å². The highest BCUT2D eigenvalue weighted by molar-refractivity contribution is 7.12. The fourth-order valence-electron chi connectivity index (χ4n) is 2.80. The molecule has 1 saturated heterocycles. The summed E-state index contributed by atoms with van der Waals surface area (Å²) in [7, 11) is 0. The van der Waals surface area contributed by atoms with Crippen LogP contribution in [0, 0.1) is 0 Å². The third kappa shape index (κ3) is 4.30. The lowest BCUT2D eigenvalue weighted by Gasteiger charge is -2.35. The first-order chi connectivity index (χ1) is 10.6. The largest absolute Gasteiger partial charge is 0.396 e. The number of rotatable bonds is 6. The van der Waals surface area contributed by atoms with Gasteiger partial charge in [0.25, 0.3) is 5.91 Å². The summed E-state index contributed by atoms with van der Waals surface area (Å²) in [6.45, 7) is 2.70. The zero-order chi connectivity index (χ0) is 15.9. The Balaban J connectivity index is 2.00. The van der Waals surface area contributed by atoms with Crippen molar-refractivity contribution in [3.05, 3.63) is 22.4 Å². The minimum absolute atomic E-state index is 0.0141. The maximum atomic E-state index is 12.6. The van der Waals surface area contributed by atoms with Crippen molar-refractivity contribution in [1.29, 1.82) is 0 Å². The first kappa shape index (κ1) is 17.0. The lowest BCUT2D eigenvalue weighted by molar-refractivity contribution is -0.127. The van der Waals surface area contributed by atoms with Crippen molar-refractivity contribution in [2.75, 3.05) is 13.2 Å². The van der Waals surface area contributed by atoms with Gasteiger partial charge in [-0.3, -0.25) is 9.59 Å². The summed E-state index contributed by atoms with van der Waals surface area (Å²) in [5.41, 5.74) is 0. The van der Waals surface area contributed by atoms with Gasteiger partial charge >= 0.3 is 0 Å². The number of aliphatic hydroxyl groups is 1. The molecule has 0 saturated carbocycles. The van der Waals surface area contributed by atoms with Crippen molar-refractivity contribution in [3.63, 3.8) is 0 Å². The molecule has 0 spiro atoms. The van der Waals surface area contributed by atoms with Gasteiger partial charge in [0.2, 0.25) is 5.91 Å². The minimum atomic E-state index is -0.375. The van der Waals surface area contributed by atoms with Gasteiger partial charge in [0.1, 0.15) is 6.04 Å². The quantitative estimate of drug-likeness (QED) is 0.841. The number of nitrogens with one attached hydrogen (secondary N) is 1. The van der Waals surface area contributed by atoms with Gasteiger partial charge in [-0.1, -0.05) is 6.07 Å². The van der Waals surface area contributed by atoms with Gasteiger partial charge in [-0.15, -0.1) is 11.3 Å². The zero-order valence-electron chi connectivity index (χ0n) is 13.0. The predicted octanol–water partition coefficient (Wildman–Crippen LogP) is 2.02. The Bertz CT molecular complexity index is 490. The molecule has 1 aliphatic rings. The number of amides is 2. The molecule has 2 amide bonds. The van der Waals surface area contributed by atoms with E-state index in [2.05, 4.69) is 5.32 Å². The zero-order valence-corrected chi connectivity index (χ0v) is 13.8. The molecule has 0 radical (unpaired) electrons. The summed E-state index contributed by atoms with van der Waals surface area (Å²) in [5, 5.41) is 13.7. The molecule has 0 aliphatic carbocycles. The van der Waals surface area contributed by atoms with E-state index in [0.29, 0.717) is 17.8 Å². The fraction of sp³-hybridized carbons (Fsp3) is 0.625. The number of hydrogen-bond donors (Lipinski definition) is 2. The molecule has 1 aromatic rings. The van der Waals surface area contributed by atoms with Crippen molar-refractivity contribution in [3.8, 4) is 0 Å². The third-order valence-corrected chi connectivity index (χ3v) is 4.84. The predicted molar refractivity (Wildman–Crippen MR) is 86.9 cm³/mol.